The van der Waals surface area contributed by atoms with E-state index in [0.29, 0.717) is 23.2 Å². The molecule has 0 radical (unpaired) electrons. The van der Waals surface area contributed by atoms with Gasteiger partial charge in [-0.3, -0.25) is 14.4 Å². The van der Waals surface area contributed by atoms with Crippen molar-refractivity contribution in [2.75, 3.05) is 18.4 Å². The fourth-order valence-corrected chi connectivity index (χ4v) is 3.68. The summed E-state index contributed by atoms with van der Waals surface area (Å²) < 4.78 is 0. The number of anilines is 1. The summed E-state index contributed by atoms with van der Waals surface area (Å²) in [5.41, 5.74) is 0.790. The van der Waals surface area contributed by atoms with Crippen LogP contribution in [0.3, 0.4) is 0 Å². The van der Waals surface area contributed by atoms with E-state index in [1.165, 1.54) is 0 Å². The average Bonchev–Trinajstić information content (AvgIpc) is 3.33. The molecule has 1 aliphatic heterocycles. The number of carboxylic acids is 1. The molecule has 2 amide bonds. The smallest absolute Gasteiger partial charge is 0.308 e. The quantitative estimate of drug-likeness (QED) is 0.824. The van der Waals surface area contributed by atoms with Crippen LogP contribution in [-0.2, 0) is 9.59 Å². The molecule has 140 valence electrons. The minimum atomic E-state index is -0.846. The van der Waals surface area contributed by atoms with Gasteiger partial charge in [-0.2, -0.15) is 0 Å². The van der Waals surface area contributed by atoms with Gasteiger partial charge in [0.1, 0.15) is 0 Å². The van der Waals surface area contributed by atoms with Crippen LogP contribution < -0.4 is 5.32 Å². The van der Waals surface area contributed by atoms with E-state index in [1.54, 1.807) is 36.9 Å². The number of nitrogens with one attached hydrogen (secondary N) is 1. The number of carboxylic acid groups (broad SMARTS) is 1. The number of nitrogens with zero attached hydrogens (tertiary/aromatic N) is 1. The highest BCUT2D eigenvalue weighted by Gasteiger charge is 2.47. The van der Waals surface area contributed by atoms with E-state index in [4.69, 9.17) is 11.6 Å². The van der Waals surface area contributed by atoms with Crippen molar-refractivity contribution in [3.63, 3.8) is 0 Å². The van der Waals surface area contributed by atoms with E-state index in [0.717, 1.165) is 12.8 Å². The molecule has 0 aromatic heterocycles. The Balaban J connectivity index is 1.79. The van der Waals surface area contributed by atoms with Gasteiger partial charge in [0.25, 0.3) is 5.91 Å². The van der Waals surface area contributed by atoms with Crippen molar-refractivity contribution in [3.05, 3.63) is 28.8 Å². The Labute approximate surface area is 157 Å². The van der Waals surface area contributed by atoms with Gasteiger partial charge < -0.3 is 15.3 Å². The van der Waals surface area contributed by atoms with Crippen LogP contribution in [0.1, 0.15) is 37.0 Å². The van der Waals surface area contributed by atoms with Gasteiger partial charge >= 0.3 is 5.97 Å². The van der Waals surface area contributed by atoms with Gasteiger partial charge in [-0.1, -0.05) is 25.4 Å². The molecule has 6 nitrogen and oxygen atoms in total. The van der Waals surface area contributed by atoms with Crippen LogP contribution in [0.5, 0.6) is 0 Å². The summed E-state index contributed by atoms with van der Waals surface area (Å²) in [5.74, 6) is -1.56. The van der Waals surface area contributed by atoms with Crippen molar-refractivity contribution >= 4 is 35.1 Å². The fourth-order valence-electron chi connectivity index (χ4n) is 3.48. The average molecular weight is 379 g/mol. The summed E-state index contributed by atoms with van der Waals surface area (Å²) in [6, 6.07) is 4.79. The topological polar surface area (TPSA) is 86.7 Å². The van der Waals surface area contributed by atoms with E-state index < -0.39 is 11.9 Å². The van der Waals surface area contributed by atoms with Crippen LogP contribution in [0.4, 0.5) is 5.69 Å². The molecule has 2 aliphatic rings. The molecule has 1 heterocycles. The first-order chi connectivity index (χ1) is 12.3. The third-order valence-corrected chi connectivity index (χ3v) is 5.52. The highest BCUT2D eigenvalue weighted by molar-refractivity contribution is 6.34. The minimum Gasteiger partial charge on any atom is -0.481 e. The van der Waals surface area contributed by atoms with Crippen LogP contribution >= 0.6 is 11.6 Å². The van der Waals surface area contributed by atoms with Crippen molar-refractivity contribution in [3.8, 4) is 0 Å². The molecule has 1 aromatic rings. The van der Waals surface area contributed by atoms with Crippen LogP contribution in [-0.4, -0.2) is 40.9 Å². The Kier molecular flexibility index (Phi) is 5.23. The van der Waals surface area contributed by atoms with Crippen molar-refractivity contribution in [2.45, 2.75) is 26.7 Å². The second-order valence-corrected chi connectivity index (χ2v) is 7.90. The zero-order valence-electron chi connectivity index (χ0n) is 14.9. The molecule has 1 saturated heterocycles. The van der Waals surface area contributed by atoms with Crippen molar-refractivity contribution in [2.24, 2.45) is 23.7 Å². The van der Waals surface area contributed by atoms with Gasteiger partial charge in [0.15, 0.2) is 0 Å². The Morgan fingerprint density at radius 3 is 2.50 bits per heavy atom. The maximum atomic E-state index is 12.9. The monoisotopic (exact) mass is 378 g/mol. The molecule has 1 aromatic carbocycles. The van der Waals surface area contributed by atoms with Crippen LogP contribution in [0.15, 0.2) is 18.2 Å². The summed E-state index contributed by atoms with van der Waals surface area (Å²) in [6.07, 6.45) is 2.07. The first kappa shape index (κ1) is 18.7. The van der Waals surface area contributed by atoms with Crippen LogP contribution in [0, 0.1) is 23.7 Å². The number of halogens is 1. The predicted octanol–water partition coefficient (Wildman–Crippen LogP) is 3.12. The number of hydrogen-bond acceptors (Lipinski definition) is 3. The molecule has 26 heavy (non-hydrogen) atoms. The highest BCUT2D eigenvalue weighted by Crippen LogP contribution is 2.44. The lowest BCUT2D eigenvalue weighted by Gasteiger charge is -2.18. The summed E-state index contributed by atoms with van der Waals surface area (Å²) in [6.45, 7) is 4.21. The summed E-state index contributed by atoms with van der Waals surface area (Å²) in [5, 5.41) is 12.5. The maximum absolute atomic E-state index is 12.9. The molecule has 0 spiro atoms. The summed E-state index contributed by atoms with van der Waals surface area (Å²) >= 11 is 6.20. The van der Waals surface area contributed by atoms with Crippen LogP contribution in [0.2, 0.25) is 5.02 Å². The van der Waals surface area contributed by atoms with Crippen molar-refractivity contribution in [1.82, 2.24) is 4.90 Å². The summed E-state index contributed by atoms with van der Waals surface area (Å²) in [4.78, 5) is 37.9. The Morgan fingerprint density at radius 2 is 1.92 bits per heavy atom. The Bertz CT molecular complexity index is 745. The van der Waals surface area contributed by atoms with Gasteiger partial charge in [-0.25, -0.2) is 0 Å². The third kappa shape index (κ3) is 3.85. The lowest BCUT2D eigenvalue weighted by atomic mass is 9.92. The fraction of sp³-hybridized carbons (Fsp3) is 0.526. The predicted molar refractivity (Wildman–Crippen MR) is 98.2 cm³/mol. The van der Waals surface area contributed by atoms with E-state index in [2.05, 4.69) is 5.32 Å². The highest BCUT2D eigenvalue weighted by atomic mass is 35.5. The van der Waals surface area contributed by atoms with Gasteiger partial charge in [0.2, 0.25) is 5.91 Å². The SMILES string of the molecule is CC(C)C(=O)Nc1ccc(Cl)c(C(=O)N2C[C@H](C(=O)O)[C@@H](C3CC3)C2)c1. The standard InChI is InChI=1S/C19H23ClN2O4/c1-10(2)17(23)21-12-5-6-16(20)13(7-12)18(24)22-8-14(11-3-4-11)15(9-22)19(25)26/h5-7,10-11,14-15H,3-4,8-9H2,1-2H3,(H,21,23)(H,25,26)/t14-,15+/m1/s1. The first-order valence-electron chi connectivity index (χ1n) is 8.90. The first-order valence-corrected chi connectivity index (χ1v) is 9.28. The molecule has 0 unspecified atom stereocenters. The lowest BCUT2D eigenvalue weighted by Crippen LogP contribution is -2.30. The molecule has 2 fully saturated rings. The molecular weight excluding hydrogens is 356 g/mol. The number of carbonyl (C=O) groups is 3. The molecule has 1 saturated carbocycles. The number of aliphatic carboxylic acids is 1. The van der Waals surface area contributed by atoms with Gasteiger partial charge in [0, 0.05) is 24.7 Å². The Hall–Kier alpha value is -2.08. The molecule has 7 heteroatoms. The number of likely N-dealkylation sites (tertiary alicyclic amines) is 1. The lowest BCUT2D eigenvalue weighted by molar-refractivity contribution is -0.142. The molecule has 1 aliphatic carbocycles. The number of carbonyl (C=O) groups excluding carboxylic acids is 2. The number of hydrogen-bond donors (Lipinski definition) is 2. The molecular formula is C19H23ClN2O4. The van der Waals surface area contributed by atoms with Gasteiger partial charge in [-0.05, 0) is 42.9 Å². The molecule has 2 atom stereocenters. The zero-order chi connectivity index (χ0) is 19.0. The van der Waals surface area contributed by atoms with Gasteiger partial charge in [-0.15, -0.1) is 0 Å². The Morgan fingerprint density at radius 1 is 1.23 bits per heavy atom. The van der Waals surface area contributed by atoms with E-state index in [1.807, 2.05) is 0 Å². The number of benzene rings is 1. The molecule has 3 rings (SSSR count). The van der Waals surface area contributed by atoms with E-state index in [9.17, 15) is 19.5 Å². The zero-order valence-corrected chi connectivity index (χ0v) is 15.6. The van der Waals surface area contributed by atoms with Crippen molar-refractivity contribution < 1.29 is 19.5 Å². The maximum Gasteiger partial charge on any atom is 0.308 e. The second kappa shape index (κ2) is 7.27. The van der Waals surface area contributed by atoms with Crippen LogP contribution in [0.25, 0.3) is 0 Å². The minimum absolute atomic E-state index is 0.0130. The molecule has 0 bridgehead atoms. The second-order valence-electron chi connectivity index (χ2n) is 7.49. The van der Waals surface area contributed by atoms with E-state index >= 15 is 0 Å². The van der Waals surface area contributed by atoms with E-state index in [-0.39, 0.29) is 35.8 Å². The summed E-state index contributed by atoms with van der Waals surface area (Å²) in [7, 11) is 0. The third-order valence-electron chi connectivity index (χ3n) is 5.19. The van der Waals surface area contributed by atoms with Gasteiger partial charge in [0.05, 0.1) is 16.5 Å². The largest absolute Gasteiger partial charge is 0.481 e. The normalized spacial score (nSPS) is 22.5. The van der Waals surface area contributed by atoms with Crippen molar-refractivity contribution in [1.29, 1.82) is 0 Å². The number of rotatable bonds is 5. The number of amides is 2. The molecule has 2 N–H and O–H groups in total.